The maximum atomic E-state index is 11.8. The number of hydrogen-bond acceptors (Lipinski definition) is 3. The molecule has 0 N–H and O–H groups in total. The Bertz CT molecular complexity index is 478. The highest BCUT2D eigenvalue weighted by atomic mass is 35.5. The summed E-state index contributed by atoms with van der Waals surface area (Å²) < 4.78 is 0. The van der Waals surface area contributed by atoms with Crippen LogP contribution in [0.25, 0.3) is 0 Å². The SMILES string of the molecule is CC(C)(C)C(=O)CCc1cc(Cl)ccc1[N+](=O)[O-]. The van der Waals surface area contributed by atoms with Gasteiger partial charge in [-0.1, -0.05) is 32.4 Å². The first-order valence-corrected chi connectivity index (χ1v) is 6.05. The highest BCUT2D eigenvalue weighted by molar-refractivity contribution is 6.30. The quantitative estimate of drug-likeness (QED) is 0.617. The molecule has 1 aromatic rings. The van der Waals surface area contributed by atoms with E-state index in [4.69, 9.17) is 11.6 Å². The fourth-order valence-electron chi connectivity index (χ4n) is 1.56. The Morgan fingerprint density at radius 2 is 2.00 bits per heavy atom. The van der Waals surface area contributed by atoms with E-state index in [-0.39, 0.29) is 17.9 Å². The number of nitro benzene ring substituents is 1. The highest BCUT2D eigenvalue weighted by Gasteiger charge is 2.22. The molecule has 1 aromatic carbocycles. The third-order valence-electron chi connectivity index (χ3n) is 2.70. The van der Waals surface area contributed by atoms with Gasteiger partial charge in [-0.25, -0.2) is 0 Å². The van der Waals surface area contributed by atoms with E-state index in [0.29, 0.717) is 17.0 Å². The van der Waals surface area contributed by atoms with Gasteiger partial charge in [-0.3, -0.25) is 14.9 Å². The van der Waals surface area contributed by atoms with Crippen molar-refractivity contribution in [2.45, 2.75) is 33.6 Å². The molecule has 0 heterocycles. The lowest BCUT2D eigenvalue weighted by atomic mass is 9.87. The molecule has 0 bridgehead atoms. The van der Waals surface area contributed by atoms with Gasteiger partial charge >= 0.3 is 0 Å². The molecule has 4 nitrogen and oxygen atoms in total. The minimum Gasteiger partial charge on any atom is -0.299 e. The number of nitrogens with zero attached hydrogens (tertiary/aromatic N) is 1. The lowest BCUT2D eigenvalue weighted by molar-refractivity contribution is -0.385. The van der Waals surface area contributed by atoms with E-state index < -0.39 is 10.3 Å². The van der Waals surface area contributed by atoms with Crippen LogP contribution in [0.5, 0.6) is 0 Å². The second-order valence-corrected chi connectivity index (χ2v) is 5.64. The van der Waals surface area contributed by atoms with Gasteiger partial charge < -0.3 is 0 Å². The van der Waals surface area contributed by atoms with Crippen molar-refractivity contribution in [2.75, 3.05) is 0 Å². The molecule has 0 saturated heterocycles. The highest BCUT2D eigenvalue weighted by Crippen LogP contribution is 2.25. The first-order chi connectivity index (χ1) is 8.21. The zero-order valence-corrected chi connectivity index (χ0v) is 11.5. The van der Waals surface area contributed by atoms with E-state index in [1.807, 2.05) is 20.8 Å². The van der Waals surface area contributed by atoms with Gasteiger partial charge in [0, 0.05) is 28.5 Å². The van der Waals surface area contributed by atoms with E-state index in [1.54, 1.807) is 6.07 Å². The second kappa shape index (κ2) is 5.48. The molecular formula is C13H16ClNO3. The monoisotopic (exact) mass is 269 g/mol. The van der Waals surface area contributed by atoms with E-state index in [0.717, 1.165) is 0 Å². The van der Waals surface area contributed by atoms with Crippen LogP contribution in [-0.4, -0.2) is 10.7 Å². The molecule has 0 saturated carbocycles. The summed E-state index contributed by atoms with van der Waals surface area (Å²) in [6.07, 6.45) is 0.623. The Labute approximate surface area is 111 Å². The summed E-state index contributed by atoms with van der Waals surface area (Å²) in [4.78, 5) is 22.2. The molecule has 18 heavy (non-hydrogen) atoms. The first kappa shape index (κ1) is 14.6. The number of ketones is 1. The zero-order chi connectivity index (χ0) is 13.9. The standard InChI is InChI=1S/C13H16ClNO3/c1-13(2,3)12(16)7-4-9-8-10(14)5-6-11(9)15(17)18/h5-6,8H,4,7H2,1-3H3. The molecule has 0 unspecified atom stereocenters. The van der Waals surface area contributed by atoms with Gasteiger partial charge in [-0.05, 0) is 18.6 Å². The van der Waals surface area contributed by atoms with Crippen LogP contribution in [-0.2, 0) is 11.2 Å². The summed E-state index contributed by atoms with van der Waals surface area (Å²) in [7, 11) is 0. The molecule has 0 spiro atoms. The number of benzene rings is 1. The summed E-state index contributed by atoms with van der Waals surface area (Å²) in [5, 5.41) is 11.3. The predicted octanol–water partition coefficient (Wildman–Crippen LogP) is 3.80. The lowest BCUT2D eigenvalue weighted by Crippen LogP contribution is -2.20. The maximum absolute atomic E-state index is 11.8. The molecule has 5 heteroatoms. The van der Waals surface area contributed by atoms with Crippen LogP contribution < -0.4 is 0 Å². The molecule has 0 aliphatic rings. The van der Waals surface area contributed by atoms with E-state index in [1.165, 1.54) is 12.1 Å². The number of carbonyl (C=O) groups is 1. The fourth-order valence-corrected chi connectivity index (χ4v) is 1.75. The van der Waals surface area contributed by atoms with Crippen LogP contribution in [0.4, 0.5) is 5.69 Å². The Morgan fingerprint density at radius 1 is 1.39 bits per heavy atom. The maximum Gasteiger partial charge on any atom is 0.272 e. The lowest BCUT2D eigenvalue weighted by Gasteiger charge is -2.16. The molecule has 0 fully saturated rings. The number of Topliss-reactive ketones (excluding diaryl/α,β-unsaturated/α-hetero) is 1. The van der Waals surface area contributed by atoms with Crippen molar-refractivity contribution in [3.05, 3.63) is 38.9 Å². The number of aryl methyl sites for hydroxylation is 1. The number of hydrogen-bond donors (Lipinski definition) is 0. The minimum absolute atomic E-state index is 0.0149. The molecule has 0 radical (unpaired) electrons. The van der Waals surface area contributed by atoms with Gasteiger partial charge in [-0.15, -0.1) is 0 Å². The molecular weight excluding hydrogens is 254 g/mol. The van der Waals surface area contributed by atoms with Crippen LogP contribution in [0.2, 0.25) is 5.02 Å². The van der Waals surface area contributed by atoms with Gasteiger partial charge in [0.2, 0.25) is 0 Å². The average molecular weight is 270 g/mol. The Balaban J connectivity index is 2.87. The summed E-state index contributed by atoms with van der Waals surface area (Å²) >= 11 is 5.82. The average Bonchev–Trinajstić information content (AvgIpc) is 2.24. The van der Waals surface area contributed by atoms with Crippen molar-refractivity contribution in [1.82, 2.24) is 0 Å². The van der Waals surface area contributed by atoms with Crippen LogP contribution in [0.15, 0.2) is 18.2 Å². The number of rotatable bonds is 4. The molecule has 0 aliphatic heterocycles. The predicted molar refractivity (Wildman–Crippen MR) is 70.9 cm³/mol. The van der Waals surface area contributed by atoms with Gasteiger partial charge in [0.15, 0.2) is 0 Å². The molecule has 0 atom stereocenters. The van der Waals surface area contributed by atoms with Crippen molar-refractivity contribution in [2.24, 2.45) is 5.41 Å². The van der Waals surface area contributed by atoms with Gasteiger partial charge in [0.05, 0.1) is 4.92 Å². The Kier molecular flexibility index (Phi) is 4.46. The molecule has 0 amide bonds. The molecule has 98 valence electrons. The third kappa shape index (κ3) is 3.81. The Hall–Kier alpha value is -1.42. The van der Waals surface area contributed by atoms with Crippen LogP contribution in [0.1, 0.15) is 32.8 Å². The normalized spacial score (nSPS) is 11.3. The van der Waals surface area contributed by atoms with Crippen LogP contribution in [0, 0.1) is 15.5 Å². The van der Waals surface area contributed by atoms with Gasteiger partial charge in [-0.2, -0.15) is 0 Å². The Morgan fingerprint density at radius 3 is 2.50 bits per heavy atom. The number of halogens is 1. The number of nitro groups is 1. The van der Waals surface area contributed by atoms with Gasteiger partial charge in [0.25, 0.3) is 5.69 Å². The van der Waals surface area contributed by atoms with Crippen molar-refractivity contribution in [1.29, 1.82) is 0 Å². The van der Waals surface area contributed by atoms with Crippen molar-refractivity contribution in [3.8, 4) is 0 Å². The van der Waals surface area contributed by atoms with Crippen molar-refractivity contribution < 1.29 is 9.72 Å². The zero-order valence-electron chi connectivity index (χ0n) is 10.7. The topological polar surface area (TPSA) is 60.2 Å². The largest absolute Gasteiger partial charge is 0.299 e. The van der Waals surface area contributed by atoms with E-state index in [9.17, 15) is 14.9 Å². The molecule has 0 aliphatic carbocycles. The summed E-state index contributed by atoms with van der Waals surface area (Å²) in [6, 6.07) is 4.41. The van der Waals surface area contributed by atoms with E-state index in [2.05, 4.69) is 0 Å². The second-order valence-electron chi connectivity index (χ2n) is 5.20. The van der Waals surface area contributed by atoms with Crippen molar-refractivity contribution in [3.63, 3.8) is 0 Å². The van der Waals surface area contributed by atoms with Crippen LogP contribution >= 0.6 is 11.6 Å². The molecule has 1 rings (SSSR count). The van der Waals surface area contributed by atoms with Crippen molar-refractivity contribution >= 4 is 23.1 Å². The minimum atomic E-state index is -0.451. The smallest absolute Gasteiger partial charge is 0.272 e. The van der Waals surface area contributed by atoms with Gasteiger partial charge in [0.1, 0.15) is 5.78 Å². The number of carbonyl (C=O) groups excluding carboxylic acids is 1. The summed E-state index contributed by atoms with van der Waals surface area (Å²) in [5.41, 5.74) is 0.0964. The van der Waals surface area contributed by atoms with E-state index >= 15 is 0 Å². The summed E-state index contributed by atoms with van der Waals surface area (Å²) in [5.74, 6) is 0.0803. The first-order valence-electron chi connectivity index (χ1n) is 5.68. The summed E-state index contributed by atoms with van der Waals surface area (Å²) in [6.45, 7) is 5.51. The fraction of sp³-hybridized carbons (Fsp3) is 0.462. The third-order valence-corrected chi connectivity index (χ3v) is 2.93. The van der Waals surface area contributed by atoms with Crippen LogP contribution in [0.3, 0.4) is 0 Å². The molecule has 0 aromatic heterocycles.